The number of nitrogens with one attached hydrogen (secondary N) is 1. The topological polar surface area (TPSA) is 64.4 Å². The molecule has 1 aliphatic heterocycles. The normalized spacial score (nSPS) is 28.7. The molecule has 1 aliphatic carbocycles. The van der Waals surface area contributed by atoms with Crippen molar-refractivity contribution in [2.75, 3.05) is 6.61 Å². The minimum absolute atomic E-state index is 0. The van der Waals surface area contributed by atoms with Crippen molar-refractivity contribution in [3.05, 3.63) is 35.9 Å². The van der Waals surface area contributed by atoms with E-state index in [1.165, 1.54) is 0 Å². The molecule has 1 aromatic rings. The van der Waals surface area contributed by atoms with Crippen molar-refractivity contribution in [3.8, 4) is 0 Å². The van der Waals surface area contributed by atoms with E-state index < -0.39 is 0 Å². The third-order valence-electron chi connectivity index (χ3n) is 4.88. The number of rotatable bonds is 4. The van der Waals surface area contributed by atoms with Gasteiger partial charge < -0.3 is 15.8 Å². The van der Waals surface area contributed by atoms with E-state index in [1.807, 2.05) is 18.2 Å². The lowest BCUT2D eigenvalue weighted by atomic mass is 9.85. The second kappa shape index (κ2) is 8.67. The summed E-state index contributed by atoms with van der Waals surface area (Å²) in [6.07, 6.45) is 6.00. The molecule has 4 atom stereocenters. The van der Waals surface area contributed by atoms with E-state index in [0.717, 1.165) is 50.7 Å². The molecule has 0 spiro atoms. The molecule has 4 unspecified atom stereocenters. The lowest BCUT2D eigenvalue weighted by Crippen LogP contribution is -2.42. The molecule has 1 heterocycles. The highest BCUT2D eigenvalue weighted by Gasteiger charge is 2.32. The van der Waals surface area contributed by atoms with Crippen LogP contribution in [-0.4, -0.2) is 24.7 Å². The highest BCUT2D eigenvalue weighted by molar-refractivity contribution is 5.85. The second-order valence-corrected chi connectivity index (χ2v) is 6.57. The number of hydrogen-bond donors (Lipinski definition) is 2. The third kappa shape index (κ3) is 4.69. The number of carbonyl (C=O) groups excluding carboxylic acids is 1. The monoisotopic (exact) mass is 338 g/mol. The summed E-state index contributed by atoms with van der Waals surface area (Å²) in [4.78, 5) is 12.7. The number of halogens is 1. The highest BCUT2D eigenvalue weighted by atomic mass is 35.5. The van der Waals surface area contributed by atoms with Crippen molar-refractivity contribution in [1.29, 1.82) is 0 Å². The van der Waals surface area contributed by atoms with Gasteiger partial charge in [0, 0.05) is 18.6 Å². The van der Waals surface area contributed by atoms with E-state index >= 15 is 0 Å². The lowest BCUT2D eigenvalue weighted by molar-refractivity contribution is -0.127. The molecule has 4 nitrogen and oxygen atoms in total. The van der Waals surface area contributed by atoms with E-state index in [1.54, 1.807) is 0 Å². The van der Waals surface area contributed by atoms with Gasteiger partial charge in [0.1, 0.15) is 0 Å². The molecule has 3 N–H and O–H groups in total. The minimum atomic E-state index is -0.0469. The van der Waals surface area contributed by atoms with Gasteiger partial charge in [0.2, 0.25) is 5.91 Å². The standard InChI is InChI=1S/C18H26N2O2.ClH/c19-15-9-4-8-14(12-15)18(21)20-17(16-10-5-11-22-16)13-6-2-1-3-7-13;/h1-3,6-7,14-17H,4-5,8-12,19H2,(H,20,21);1H. The van der Waals surface area contributed by atoms with Crippen LogP contribution < -0.4 is 11.1 Å². The fourth-order valence-corrected chi connectivity index (χ4v) is 3.65. The summed E-state index contributed by atoms with van der Waals surface area (Å²) < 4.78 is 5.84. The van der Waals surface area contributed by atoms with Gasteiger partial charge in [0.15, 0.2) is 0 Å². The fourth-order valence-electron chi connectivity index (χ4n) is 3.65. The molecule has 1 amide bonds. The number of amides is 1. The number of nitrogens with two attached hydrogens (primary N) is 1. The van der Waals surface area contributed by atoms with Crippen LogP contribution in [0.4, 0.5) is 0 Å². The van der Waals surface area contributed by atoms with Gasteiger partial charge in [-0.25, -0.2) is 0 Å². The number of hydrogen-bond acceptors (Lipinski definition) is 3. The van der Waals surface area contributed by atoms with Crippen LogP contribution in [0, 0.1) is 5.92 Å². The van der Waals surface area contributed by atoms with Crippen LogP contribution in [-0.2, 0) is 9.53 Å². The summed E-state index contributed by atoms with van der Waals surface area (Å²) in [5.41, 5.74) is 7.15. The summed E-state index contributed by atoms with van der Waals surface area (Å²) in [6, 6.07) is 10.3. The first kappa shape index (κ1) is 18.2. The fraction of sp³-hybridized carbons (Fsp3) is 0.611. The Morgan fingerprint density at radius 1 is 1.17 bits per heavy atom. The molecule has 1 saturated heterocycles. The van der Waals surface area contributed by atoms with Crippen LogP contribution >= 0.6 is 12.4 Å². The predicted octanol–water partition coefficient (Wildman–Crippen LogP) is 2.96. The molecule has 5 heteroatoms. The molecule has 2 fully saturated rings. The van der Waals surface area contributed by atoms with Gasteiger partial charge in [0.25, 0.3) is 0 Å². The first-order valence-electron chi connectivity index (χ1n) is 8.46. The average molecular weight is 339 g/mol. The zero-order valence-corrected chi connectivity index (χ0v) is 14.3. The summed E-state index contributed by atoms with van der Waals surface area (Å²) in [5.74, 6) is 0.191. The maximum atomic E-state index is 12.7. The Morgan fingerprint density at radius 3 is 2.61 bits per heavy atom. The Hall–Kier alpha value is -1.10. The van der Waals surface area contributed by atoms with Crippen LogP contribution in [0.5, 0.6) is 0 Å². The Balaban J connectivity index is 0.00000192. The molecule has 128 valence electrons. The molecule has 3 rings (SSSR count). The molecule has 0 radical (unpaired) electrons. The number of carbonyl (C=O) groups is 1. The van der Waals surface area contributed by atoms with Gasteiger partial charge in [0.05, 0.1) is 12.1 Å². The van der Waals surface area contributed by atoms with Crippen LogP contribution in [0.25, 0.3) is 0 Å². The molecule has 0 aromatic heterocycles. The molecule has 2 aliphatic rings. The number of benzene rings is 1. The maximum Gasteiger partial charge on any atom is 0.223 e. The van der Waals surface area contributed by atoms with Crippen molar-refractivity contribution in [3.63, 3.8) is 0 Å². The van der Waals surface area contributed by atoms with Gasteiger partial charge in [-0.15, -0.1) is 12.4 Å². The largest absolute Gasteiger partial charge is 0.376 e. The second-order valence-electron chi connectivity index (χ2n) is 6.57. The van der Waals surface area contributed by atoms with E-state index in [4.69, 9.17) is 10.5 Å². The molecular formula is C18H27ClN2O2. The Bertz CT molecular complexity index is 491. The molecule has 0 bridgehead atoms. The van der Waals surface area contributed by atoms with E-state index in [2.05, 4.69) is 17.4 Å². The molecule has 1 saturated carbocycles. The average Bonchev–Trinajstić information content (AvgIpc) is 3.07. The summed E-state index contributed by atoms with van der Waals surface area (Å²) in [6.45, 7) is 0.790. The SMILES string of the molecule is Cl.NC1CCCC(C(=O)NC(c2ccccc2)C2CCCO2)C1. The summed E-state index contributed by atoms with van der Waals surface area (Å²) in [7, 11) is 0. The zero-order valence-electron chi connectivity index (χ0n) is 13.4. The van der Waals surface area contributed by atoms with Crippen molar-refractivity contribution in [2.45, 2.75) is 56.7 Å². The van der Waals surface area contributed by atoms with Crippen molar-refractivity contribution < 1.29 is 9.53 Å². The van der Waals surface area contributed by atoms with Crippen LogP contribution in [0.2, 0.25) is 0 Å². The van der Waals surface area contributed by atoms with Crippen molar-refractivity contribution in [1.82, 2.24) is 5.32 Å². The van der Waals surface area contributed by atoms with E-state index in [-0.39, 0.29) is 42.4 Å². The molecule has 23 heavy (non-hydrogen) atoms. The predicted molar refractivity (Wildman–Crippen MR) is 93.5 cm³/mol. The summed E-state index contributed by atoms with van der Waals surface area (Å²) in [5, 5.41) is 3.25. The summed E-state index contributed by atoms with van der Waals surface area (Å²) >= 11 is 0. The van der Waals surface area contributed by atoms with E-state index in [0.29, 0.717) is 0 Å². The minimum Gasteiger partial charge on any atom is -0.376 e. The van der Waals surface area contributed by atoms with Crippen LogP contribution in [0.15, 0.2) is 30.3 Å². The lowest BCUT2D eigenvalue weighted by Gasteiger charge is -2.30. The Morgan fingerprint density at radius 2 is 1.96 bits per heavy atom. The van der Waals surface area contributed by atoms with Gasteiger partial charge in [-0.2, -0.15) is 0 Å². The maximum absolute atomic E-state index is 12.7. The first-order valence-corrected chi connectivity index (χ1v) is 8.46. The van der Waals surface area contributed by atoms with E-state index in [9.17, 15) is 4.79 Å². The van der Waals surface area contributed by atoms with Crippen LogP contribution in [0.3, 0.4) is 0 Å². The van der Waals surface area contributed by atoms with Crippen molar-refractivity contribution >= 4 is 18.3 Å². The van der Waals surface area contributed by atoms with Gasteiger partial charge >= 0.3 is 0 Å². The Labute approximate surface area is 144 Å². The van der Waals surface area contributed by atoms with Crippen LogP contribution in [0.1, 0.15) is 50.1 Å². The number of ether oxygens (including phenoxy) is 1. The molecule has 1 aromatic carbocycles. The Kier molecular flexibility index (Phi) is 6.88. The van der Waals surface area contributed by atoms with Crippen molar-refractivity contribution in [2.24, 2.45) is 11.7 Å². The third-order valence-corrected chi connectivity index (χ3v) is 4.88. The smallest absolute Gasteiger partial charge is 0.223 e. The quantitative estimate of drug-likeness (QED) is 0.887. The van der Waals surface area contributed by atoms with Gasteiger partial charge in [-0.1, -0.05) is 36.8 Å². The first-order chi connectivity index (χ1) is 10.7. The molecular weight excluding hydrogens is 312 g/mol. The highest BCUT2D eigenvalue weighted by Crippen LogP contribution is 2.29. The van der Waals surface area contributed by atoms with Gasteiger partial charge in [-0.05, 0) is 37.7 Å². The zero-order chi connectivity index (χ0) is 15.4. The van der Waals surface area contributed by atoms with Gasteiger partial charge in [-0.3, -0.25) is 4.79 Å².